The Labute approximate surface area is 213 Å². The summed E-state index contributed by atoms with van der Waals surface area (Å²) in [6.07, 6.45) is -3.98. The van der Waals surface area contributed by atoms with E-state index in [1.54, 1.807) is 31.2 Å². The van der Waals surface area contributed by atoms with Gasteiger partial charge in [-0.1, -0.05) is 48.5 Å². The van der Waals surface area contributed by atoms with Crippen molar-refractivity contribution in [2.75, 3.05) is 0 Å². The summed E-state index contributed by atoms with van der Waals surface area (Å²) in [4.78, 5) is 24.2. The van der Waals surface area contributed by atoms with Gasteiger partial charge in [-0.2, -0.15) is 18.4 Å². The number of alkyl halides is 4. The SMILES string of the molecule is CC(C(=O)NC1(C#N)CC1)c1ccc(-c2ccc([C@H](N[C@@H](CC(C)(C)F)C(N)=O)C(F)(F)F)cc2)cc1. The number of rotatable bonds is 10. The van der Waals surface area contributed by atoms with Crippen LogP contribution in [0.15, 0.2) is 48.5 Å². The lowest BCUT2D eigenvalue weighted by Crippen LogP contribution is -2.49. The van der Waals surface area contributed by atoms with E-state index in [1.165, 1.54) is 24.3 Å². The molecule has 0 aliphatic heterocycles. The van der Waals surface area contributed by atoms with Crippen molar-refractivity contribution < 1.29 is 27.2 Å². The molecule has 1 fully saturated rings. The number of halogens is 4. The standard InChI is InChI=1S/C27H30F4N4O2/c1-16(24(37)35-26(15-32)12-13-26)17-4-6-18(7-5-17)19-8-10-20(11-9-19)22(27(29,30)31)34-21(23(33)36)14-25(2,3)28/h4-11,16,21-22,34H,12-14H2,1-3H3,(H2,33,36)(H,35,37)/t16?,21-,22-/m0/s1. The number of nitrogens with zero attached hydrogens (tertiary/aromatic N) is 1. The van der Waals surface area contributed by atoms with Gasteiger partial charge >= 0.3 is 6.18 Å². The summed E-state index contributed by atoms with van der Waals surface area (Å²) >= 11 is 0. The first-order chi connectivity index (χ1) is 17.1. The average molecular weight is 519 g/mol. The van der Waals surface area contributed by atoms with Gasteiger partial charge in [0.15, 0.2) is 0 Å². The van der Waals surface area contributed by atoms with E-state index >= 15 is 0 Å². The molecule has 2 amide bonds. The molecule has 3 atom stereocenters. The lowest BCUT2D eigenvalue weighted by atomic mass is 9.95. The molecule has 10 heteroatoms. The van der Waals surface area contributed by atoms with E-state index in [1.807, 2.05) is 0 Å². The Morgan fingerprint density at radius 2 is 1.49 bits per heavy atom. The highest BCUT2D eigenvalue weighted by Crippen LogP contribution is 2.36. The topological polar surface area (TPSA) is 108 Å². The third-order valence-electron chi connectivity index (χ3n) is 6.44. The van der Waals surface area contributed by atoms with Crippen LogP contribution in [0.1, 0.15) is 63.1 Å². The number of nitrogens with two attached hydrogens (primary N) is 1. The fraction of sp³-hybridized carbons (Fsp3) is 0.444. The highest BCUT2D eigenvalue weighted by molar-refractivity contribution is 5.85. The fourth-order valence-corrected chi connectivity index (χ4v) is 4.03. The molecule has 6 nitrogen and oxygen atoms in total. The van der Waals surface area contributed by atoms with Crippen molar-refractivity contribution in [3.05, 3.63) is 59.7 Å². The van der Waals surface area contributed by atoms with Gasteiger partial charge in [-0.05, 0) is 55.9 Å². The second kappa shape index (κ2) is 10.5. The van der Waals surface area contributed by atoms with Crippen LogP contribution in [-0.2, 0) is 9.59 Å². The first kappa shape index (κ1) is 28.1. The predicted molar refractivity (Wildman–Crippen MR) is 131 cm³/mol. The molecule has 0 radical (unpaired) electrons. The Balaban J connectivity index is 1.75. The lowest BCUT2D eigenvalue weighted by molar-refractivity contribution is -0.161. The second-order valence-corrected chi connectivity index (χ2v) is 10.2. The van der Waals surface area contributed by atoms with Gasteiger partial charge in [0.25, 0.3) is 0 Å². The fourth-order valence-electron chi connectivity index (χ4n) is 4.03. The maximum absolute atomic E-state index is 14.0. The smallest absolute Gasteiger partial charge is 0.368 e. The van der Waals surface area contributed by atoms with Gasteiger partial charge in [-0.25, -0.2) is 4.39 Å². The largest absolute Gasteiger partial charge is 0.407 e. The first-order valence-corrected chi connectivity index (χ1v) is 11.9. The summed E-state index contributed by atoms with van der Waals surface area (Å²) in [5.41, 5.74) is 4.54. The molecule has 1 saturated carbocycles. The number of nitriles is 1. The van der Waals surface area contributed by atoms with E-state index in [0.717, 1.165) is 25.0 Å². The van der Waals surface area contributed by atoms with Crippen LogP contribution in [0.4, 0.5) is 17.6 Å². The van der Waals surface area contributed by atoms with Crippen LogP contribution < -0.4 is 16.4 Å². The summed E-state index contributed by atoms with van der Waals surface area (Å²) in [5.74, 6) is -1.79. The third kappa shape index (κ3) is 7.29. The number of hydrogen-bond acceptors (Lipinski definition) is 4. The Morgan fingerprint density at radius 3 is 1.86 bits per heavy atom. The summed E-state index contributed by atoms with van der Waals surface area (Å²) in [5, 5.41) is 14.1. The molecular weight excluding hydrogens is 488 g/mol. The zero-order chi connectivity index (χ0) is 27.6. The summed E-state index contributed by atoms with van der Waals surface area (Å²) in [6, 6.07) is 11.1. The summed E-state index contributed by atoms with van der Waals surface area (Å²) < 4.78 is 55.6. The number of amides is 2. The van der Waals surface area contributed by atoms with E-state index < -0.39 is 47.7 Å². The van der Waals surface area contributed by atoms with Crippen molar-refractivity contribution in [2.24, 2.45) is 5.73 Å². The zero-order valence-electron chi connectivity index (χ0n) is 20.8. The van der Waals surface area contributed by atoms with E-state index in [0.29, 0.717) is 18.4 Å². The lowest BCUT2D eigenvalue weighted by Gasteiger charge is -2.28. The Morgan fingerprint density at radius 1 is 1.00 bits per heavy atom. The molecule has 2 aromatic carbocycles. The molecule has 1 aliphatic rings. The highest BCUT2D eigenvalue weighted by atomic mass is 19.4. The number of benzene rings is 2. The van der Waals surface area contributed by atoms with Gasteiger partial charge in [-0.15, -0.1) is 0 Å². The molecule has 2 aromatic rings. The average Bonchev–Trinajstić information content (AvgIpc) is 3.59. The maximum Gasteiger partial charge on any atom is 0.407 e. The number of carbonyl (C=O) groups excluding carboxylic acids is 2. The van der Waals surface area contributed by atoms with Gasteiger partial charge in [0, 0.05) is 6.42 Å². The predicted octanol–water partition coefficient (Wildman–Crippen LogP) is 4.81. The molecule has 1 unspecified atom stereocenters. The maximum atomic E-state index is 14.0. The molecule has 0 heterocycles. The molecular formula is C27H30F4N4O2. The number of carbonyl (C=O) groups is 2. The van der Waals surface area contributed by atoms with Crippen LogP contribution >= 0.6 is 0 Å². The van der Waals surface area contributed by atoms with Crippen LogP contribution in [0.2, 0.25) is 0 Å². The molecule has 1 aliphatic carbocycles. The highest BCUT2D eigenvalue weighted by Gasteiger charge is 2.45. The quantitative estimate of drug-likeness (QED) is 0.392. The van der Waals surface area contributed by atoms with E-state index in [-0.39, 0.29) is 11.5 Å². The number of hydrogen-bond donors (Lipinski definition) is 3. The second-order valence-electron chi connectivity index (χ2n) is 10.2. The van der Waals surface area contributed by atoms with Crippen molar-refractivity contribution >= 4 is 11.8 Å². The van der Waals surface area contributed by atoms with Gasteiger partial charge in [0.2, 0.25) is 11.8 Å². The van der Waals surface area contributed by atoms with Crippen LogP contribution in [0.25, 0.3) is 11.1 Å². The van der Waals surface area contributed by atoms with Crippen molar-refractivity contribution in [1.82, 2.24) is 10.6 Å². The molecule has 0 aromatic heterocycles. The first-order valence-electron chi connectivity index (χ1n) is 11.9. The third-order valence-corrected chi connectivity index (χ3v) is 6.44. The minimum Gasteiger partial charge on any atom is -0.368 e. The van der Waals surface area contributed by atoms with Crippen LogP contribution in [0.3, 0.4) is 0 Å². The molecule has 0 saturated heterocycles. The number of primary amides is 1. The molecule has 0 spiro atoms. The van der Waals surface area contributed by atoms with E-state index in [4.69, 9.17) is 11.0 Å². The van der Waals surface area contributed by atoms with E-state index in [2.05, 4.69) is 16.7 Å². The van der Waals surface area contributed by atoms with Crippen molar-refractivity contribution in [1.29, 1.82) is 5.26 Å². The molecule has 37 heavy (non-hydrogen) atoms. The minimum atomic E-state index is -4.75. The Bertz CT molecular complexity index is 1160. The molecule has 0 bridgehead atoms. The van der Waals surface area contributed by atoms with E-state index in [9.17, 15) is 27.2 Å². The van der Waals surface area contributed by atoms with Gasteiger partial charge in [0.05, 0.1) is 18.0 Å². The normalized spacial score (nSPS) is 17.2. The monoisotopic (exact) mass is 518 g/mol. The van der Waals surface area contributed by atoms with Crippen LogP contribution in [0, 0.1) is 11.3 Å². The summed E-state index contributed by atoms with van der Waals surface area (Å²) in [7, 11) is 0. The molecule has 4 N–H and O–H groups in total. The minimum absolute atomic E-state index is 0.146. The number of nitrogens with one attached hydrogen (secondary N) is 2. The van der Waals surface area contributed by atoms with Crippen molar-refractivity contribution in [3.63, 3.8) is 0 Å². The zero-order valence-corrected chi connectivity index (χ0v) is 20.8. The molecule has 3 rings (SSSR count). The van der Waals surface area contributed by atoms with Gasteiger partial charge < -0.3 is 11.1 Å². The summed E-state index contributed by atoms with van der Waals surface area (Å²) in [6.45, 7) is 4.06. The van der Waals surface area contributed by atoms with Crippen molar-refractivity contribution in [3.8, 4) is 17.2 Å². The Hall–Kier alpha value is -3.45. The van der Waals surface area contributed by atoms with Crippen molar-refractivity contribution in [2.45, 2.75) is 75.4 Å². The van der Waals surface area contributed by atoms with Crippen LogP contribution in [-0.4, -0.2) is 35.2 Å². The van der Waals surface area contributed by atoms with Gasteiger partial charge in [-0.3, -0.25) is 14.9 Å². The molecule has 198 valence electrons. The van der Waals surface area contributed by atoms with Gasteiger partial charge in [0.1, 0.15) is 17.2 Å². The van der Waals surface area contributed by atoms with Crippen LogP contribution in [0.5, 0.6) is 0 Å². The Kier molecular flexibility index (Phi) is 7.98.